The van der Waals surface area contributed by atoms with E-state index in [-0.39, 0.29) is 48.5 Å². The normalized spacial score (nSPS) is 11.5. The Balaban J connectivity index is 1.43. The molecule has 0 aliphatic carbocycles. The number of amides is 3. The molecule has 6 rings (SSSR count). The summed E-state index contributed by atoms with van der Waals surface area (Å²) in [5.74, 6) is 4.03. The van der Waals surface area contributed by atoms with Crippen LogP contribution in [-0.2, 0) is 30.9 Å². The van der Waals surface area contributed by atoms with Crippen LogP contribution in [0.15, 0.2) is 48.6 Å². The van der Waals surface area contributed by atoms with Crippen molar-refractivity contribution in [3.63, 3.8) is 0 Å². The van der Waals surface area contributed by atoms with Crippen LogP contribution in [0.1, 0.15) is 80.8 Å². The molecular formula is C42H47N11O8. The summed E-state index contributed by atoms with van der Waals surface area (Å²) in [5.41, 5.74) is 8.26. The number of benzene rings is 2. The third-order valence-electron chi connectivity index (χ3n) is 9.30. The number of primary amides is 1. The van der Waals surface area contributed by atoms with Gasteiger partial charge in [-0.05, 0) is 77.9 Å². The van der Waals surface area contributed by atoms with Gasteiger partial charge in [-0.25, -0.2) is 14.8 Å². The zero-order valence-electron chi connectivity index (χ0n) is 35.1. The number of hydrogen-bond acceptors (Lipinski definition) is 12. The van der Waals surface area contributed by atoms with Crippen molar-refractivity contribution in [2.24, 2.45) is 5.73 Å². The monoisotopic (exact) mass is 833 g/mol. The molecule has 0 spiro atoms. The fourth-order valence-electron chi connectivity index (χ4n) is 6.65. The molecule has 19 heteroatoms. The van der Waals surface area contributed by atoms with Gasteiger partial charge < -0.3 is 34.2 Å². The fourth-order valence-corrected chi connectivity index (χ4v) is 6.65. The maximum Gasteiger partial charge on any atom is 0.338 e. The number of esters is 1. The van der Waals surface area contributed by atoms with Gasteiger partial charge in [-0.3, -0.25) is 34.4 Å². The Morgan fingerprint density at radius 1 is 0.787 bits per heavy atom. The number of aromatic nitrogens is 8. The highest BCUT2D eigenvalue weighted by Crippen LogP contribution is 2.33. The highest BCUT2D eigenvalue weighted by molar-refractivity contribution is 6.05. The summed E-state index contributed by atoms with van der Waals surface area (Å²) >= 11 is 0. The Hall–Kier alpha value is -7.46. The van der Waals surface area contributed by atoms with E-state index in [2.05, 4.69) is 32.7 Å². The summed E-state index contributed by atoms with van der Waals surface area (Å²) in [4.78, 5) is 61.8. The molecule has 61 heavy (non-hydrogen) atoms. The summed E-state index contributed by atoms with van der Waals surface area (Å²) in [6.07, 6.45) is 3.62. The fraction of sp³-hybridized carbons (Fsp3) is 0.333. The number of ether oxygens (including phenoxy) is 3. The van der Waals surface area contributed by atoms with Gasteiger partial charge in [-0.1, -0.05) is 24.0 Å². The second-order valence-electron chi connectivity index (χ2n) is 14.3. The number of rotatable bonds is 15. The van der Waals surface area contributed by atoms with Crippen LogP contribution in [-0.4, -0.2) is 93.9 Å². The van der Waals surface area contributed by atoms with Gasteiger partial charge in [-0.15, -0.1) is 0 Å². The molecule has 0 aliphatic rings. The van der Waals surface area contributed by atoms with E-state index in [1.54, 1.807) is 56.6 Å². The molecule has 2 aromatic carbocycles. The van der Waals surface area contributed by atoms with Gasteiger partial charge in [0.25, 0.3) is 11.8 Å². The van der Waals surface area contributed by atoms with E-state index < -0.39 is 29.3 Å². The van der Waals surface area contributed by atoms with E-state index in [0.29, 0.717) is 63.7 Å². The minimum absolute atomic E-state index is 0.104. The van der Waals surface area contributed by atoms with E-state index in [0.717, 1.165) is 0 Å². The molecule has 0 atom stereocenters. The molecule has 0 radical (unpaired) electrons. The van der Waals surface area contributed by atoms with Crippen molar-refractivity contribution in [3.05, 3.63) is 82.5 Å². The van der Waals surface area contributed by atoms with Crippen molar-refractivity contribution in [2.75, 3.05) is 31.5 Å². The number of carbonyl (C=O) groups is 4. The van der Waals surface area contributed by atoms with Gasteiger partial charge in [0, 0.05) is 31.7 Å². The van der Waals surface area contributed by atoms with E-state index in [4.69, 9.17) is 29.9 Å². The quantitative estimate of drug-likeness (QED) is 0.0646. The molecule has 4 heterocycles. The second-order valence-corrected chi connectivity index (χ2v) is 14.3. The minimum atomic E-state index is -1.27. The van der Waals surface area contributed by atoms with Crippen LogP contribution in [0.2, 0.25) is 0 Å². The number of nitrogens with one attached hydrogen (secondary N) is 2. The van der Waals surface area contributed by atoms with E-state index >= 15 is 0 Å². The Morgan fingerprint density at radius 3 is 1.74 bits per heavy atom. The molecule has 4 aromatic heterocycles. The number of anilines is 2. The minimum Gasteiger partial charge on any atom is -0.494 e. The lowest BCUT2D eigenvalue weighted by Crippen LogP contribution is -2.20. The first kappa shape index (κ1) is 43.1. The number of fused-ring (bicyclic) bond motifs is 2. The SMILES string of the molecule is CCn1nc(C)cc1C(=O)Nc1nc2cc(C(=O)OC)cc(OC)c2n1C/C=C/Cn1c(NC(=O)c2cc(C)nn2CC)nc2cc(C(N)=O)cc(OCC#CC(C)(C)O)c21. The molecule has 0 unspecified atom stereocenters. The predicted octanol–water partition coefficient (Wildman–Crippen LogP) is 4.24. The van der Waals surface area contributed by atoms with Crippen molar-refractivity contribution in [3.8, 4) is 23.3 Å². The predicted molar refractivity (Wildman–Crippen MR) is 226 cm³/mol. The van der Waals surface area contributed by atoms with Gasteiger partial charge in [-0.2, -0.15) is 10.2 Å². The average Bonchev–Trinajstić information content (AvgIpc) is 3.98. The number of nitrogens with zero attached hydrogens (tertiary/aromatic N) is 8. The van der Waals surface area contributed by atoms with Crippen LogP contribution < -0.4 is 25.8 Å². The zero-order valence-corrected chi connectivity index (χ0v) is 35.1. The van der Waals surface area contributed by atoms with Crippen LogP contribution in [0.3, 0.4) is 0 Å². The van der Waals surface area contributed by atoms with Gasteiger partial charge in [0.1, 0.15) is 46.1 Å². The molecule has 0 bridgehead atoms. The highest BCUT2D eigenvalue weighted by atomic mass is 16.5. The first-order chi connectivity index (χ1) is 29.0. The molecule has 0 aliphatic heterocycles. The van der Waals surface area contributed by atoms with E-state index in [9.17, 15) is 24.3 Å². The number of aliphatic hydroxyl groups is 1. The number of hydrogen-bond donors (Lipinski definition) is 4. The molecule has 19 nitrogen and oxygen atoms in total. The molecule has 318 valence electrons. The largest absolute Gasteiger partial charge is 0.494 e. The second kappa shape index (κ2) is 17.8. The average molecular weight is 834 g/mol. The third kappa shape index (κ3) is 9.39. The number of carbonyl (C=O) groups excluding carboxylic acids is 4. The molecule has 0 saturated carbocycles. The van der Waals surface area contributed by atoms with Crippen LogP contribution >= 0.6 is 0 Å². The molecule has 6 aromatic rings. The molecule has 5 N–H and O–H groups in total. The smallest absolute Gasteiger partial charge is 0.338 e. The maximum atomic E-state index is 13.7. The number of aryl methyl sites for hydroxylation is 4. The third-order valence-corrected chi connectivity index (χ3v) is 9.30. The van der Waals surface area contributed by atoms with Crippen LogP contribution in [0.25, 0.3) is 22.1 Å². The standard InChI is InChI=1S/C42H47N11O8/c1-9-52-30(18-24(3)48-52)37(55)46-40-45-29-21-27(39(57)60-8)23-32(59-7)34(29)50(40)15-11-12-16-51-35-28(44-41(51)47-38(56)31-19-25(4)49-53(31)10-2)20-26(36(43)54)22-33(35)61-17-13-14-42(5,6)58/h11-12,18-23,58H,9-10,15-17H2,1-8H3,(H2,43,54)(H,44,47,56)(H,45,46,55)/b12-11+. The zero-order chi connectivity index (χ0) is 44.2. The first-order valence-corrected chi connectivity index (χ1v) is 19.3. The summed E-state index contributed by atoms with van der Waals surface area (Å²) in [5, 5.41) is 24.7. The van der Waals surface area contributed by atoms with Crippen molar-refractivity contribution < 1.29 is 38.5 Å². The number of imidazole rings is 2. The Kier molecular flexibility index (Phi) is 12.6. The van der Waals surface area contributed by atoms with Gasteiger partial charge in [0.05, 0.1) is 42.2 Å². The molecule has 3 amide bonds. The Morgan fingerprint density at radius 2 is 1.28 bits per heavy atom. The van der Waals surface area contributed by atoms with Crippen LogP contribution in [0, 0.1) is 25.7 Å². The van der Waals surface area contributed by atoms with Crippen LogP contribution in [0.5, 0.6) is 11.5 Å². The summed E-state index contributed by atoms with van der Waals surface area (Å²) in [6.45, 7) is 11.4. The molecule has 0 saturated heterocycles. The van der Waals surface area contributed by atoms with Gasteiger partial charge in [0.2, 0.25) is 17.8 Å². The number of nitrogens with two attached hydrogens (primary N) is 1. The van der Waals surface area contributed by atoms with Gasteiger partial charge >= 0.3 is 5.97 Å². The van der Waals surface area contributed by atoms with E-state index in [1.165, 1.54) is 46.3 Å². The van der Waals surface area contributed by atoms with Crippen molar-refractivity contribution in [1.29, 1.82) is 0 Å². The molecular weight excluding hydrogens is 787 g/mol. The van der Waals surface area contributed by atoms with Crippen molar-refractivity contribution in [1.82, 2.24) is 38.7 Å². The maximum absolute atomic E-state index is 13.7. The van der Waals surface area contributed by atoms with Gasteiger partial charge in [0.15, 0.2) is 0 Å². The Labute approximate surface area is 350 Å². The summed E-state index contributed by atoms with van der Waals surface area (Å²) < 4.78 is 23.3. The van der Waals surface area contributed by atoms with Crippen LogP contribution in [0.4, 0.5) is 11.9 Å². The lowest BCUT2D eigenvalue weighted by Gasteiger charge is -2.13. The Bertz CT molecular complexity index is 2770. The van der Waals surface area contributed by atoms with E-state index in [1.807, 2.05) is 19.9 Å². The lowest BCUT2D eigenvalue weighted by atomic mass is 10.1. The molecule has 0 fully saturated rings. The summed E-state index contributed by atoms with van der Waals surface area (Å²) in [7, 11) is 2.73. The topological polar surface area (TPSA) is 238 Å². The number of methoxy groups -OCH3 is 2. The number of allylic oxidation sites excluding steroid dienone is 2. The highest BCUT2D eigenvalue weighted by Gasteiger charge is 2.24. The lowest BCUT2D eigenvalue weighted by molar-refractivity contribution is 0.0600. The van der Waals surface area contributed by atoms with Crippen molar-refractivity contribution in [2.45, 2.75) is 73.3 Å². The summed E-state index contributed by atoms with van der Waals surface area (Å²) in [6, 6.07) is 9.38. The van der Waals surface area contributed by atoms with Crippen molar-refractivity contribution >= 4 is 57.7 Å². The first-order valence-electron chi connectivity index (χ1n) is 19.3.